The lowest BCUT2D eigenvalue weighted by atomic mass is 9.89. The van der Waals surface area contributed by atoms with Gasteiger partial charge in [0, 0.05) is 43.0 Å². The van der Waals surface area contributed by atoms with Crippen molar-refractivity contribution in [1.82, 2.24) is 9.88 Å². The van der Waals surface area contributed by atoms with Crippen molar-refractivity contribution >= 4 is 29.0 Å². The molecule has 0 unspecified atom stereocenters. The van der Waals surface area contributed by atoms with Gasteiger partial charge in [-0.2, -0.15) is 0 Å². The van der Waals surface area contributed by atoms with Crippen molar-refractivity contribution < 1.29 is 9.59 Å². The molecule has 0 atom stereocenters. The van der Waals surface area contributed by atoms with Crippen LogP contribution in [0, 0.1) is 6.92 Å². The molecule has 2 aromatic carbocycles. The molecular weight excluding hydrogens is 450 g/mol. The number of rotatable bonds is 5. The largest absolute Gasteiger partial charge is 0.399 e. The molecule has 186 valence electrons. The van der Waals surface area contributed by atoms with Gasteiger partial charge in [0.1, 0.15) is 5.82 Å². The Morgan fingerprint density at radius 3 is 2.33 bits per heavy atom. The van der Waals surface area contributed by atoms with Crippen LogP contribution >= 0.6 is 0 Å². The lowest BCUT2D eigenvalue weighted by Crippen LogP contribution is -2.38. The summed E-state index contributed by atoms with van der Waals surface area (Å²) in [4.78, 5) is 35.0. The van der Waals surface area contributed by atoms with Crippen LogP contribution in [-0.2, 0) is 0 Å². The lowest BCUT2D eigenvalue weighted by Gasteiger charge is -2.32. The Kier molecular flexibility index (Phi) is 6.89. The van der Waals surface area contributed by atoms with Crippen LogP contribution in [0.1, 0.15) is 63.4 Å². The minimum atomic E-state index is -0.236. The number of nitrogens with two attached hydrogens (primary N) is 1. The smallest absolute Gasteiger partial charge is 0.255 e. The second-order valence-corrected chi connectivity index (χ2v) is 9.82. The van der Waals surface area contributed by atoms with Gasteiger partial charge in [0.05, 0.1) is 11.9 Å². The number of benzene rings is 2. The molecule has 7 heteroatoms. The van der Waals surface area contributed by atoms with E-state index in [9.17, 15) is 9.59 Å². The molecule has 2 fully saturated rings. The molecule has 0 saturated carbocycles. The quantitative estimate of drug-likeness (QED) is 0.507. The first-order chi connectivity index (χ1) is 17.5. The lowest BCUT2D eigenvalue weighted by molar-refractivity contribution is 0.0713. The third-order valence-corrected chi connectivity index (χ3v) is 7.35. The Labute approximate surface area is 212 Å². The van der Waals surface area contributed by atoms with Gasteiger partial charge in [-0.25, -0.2) is 4.98 Å². The van der Waals surface area contributed by atoms with E-state index in [1.807, 2.05) is 48.2 Å². The fraction of sp³-hybridized carbons (Fsp3) is 0.345. The summed E-state index contributed by atoms with van der Waals surface area (Å²) in [5.74, 6) is 1.10. The first kappa shape index (κ1) is 23.9. The normalized spacial score (nSPS) is 16.2. The molecule has 0 radical (unpaired) electrons. The number of aryl methyl sites for hydroxylation is 1. The Hall–Kier alpha value is -3.87. The number of carbonyl (C=O) groups excluding carboxylic acids is 2. The highest BCUT2D eigenvalue weighted by Crippen LogP contribution is 2.29. The van der Waals surface area contributed by atoms with Gasteiger partial charge >= 0.3 is 0 Å². The minimum absolute atomic E-state index is 0.0311. The van der Waals surface area contributed by atoms with E-state index in [1.54, 1.807) is 12.3 Å². The standard InChI is InChI=1S/C29H33N5O2/c1-20-4-5-23(29(36)34-16-12-22(13-17-34)21-6-8-24(30)9-7-21)18-26(20)28(35)32-25-10-11-27(31-19-25)33-14-2-3-15-33/h4-11,18-19,22H,2-3,12-17,30H2,1H3,(H,32,35). The van der Waals surface area contributed by atoms with Gasteiger partial charge in [0.2, 0.25) is 0 Å². The van der Waals surface area contributed by atoms with Crippen LogP contribution in [0.15, 0.2) is 60.8 Å². The van der Waals surface area contributed by atoms with E-state index in [4.69, 9.17) is 5.73 Å². The summed E-state index contributed by atoms with van der Waals surface area (Å²) in [5.41, 5.74) is 10.4. The van der Waals surface area contributed by atoms with Crippen molar-refractivity contribution in [2.75, 3.05) is 42.1 Å². The van der Waals surface area contributed by atoms with Gasteiger partial charge < -0.3 is 20.9 Å². The number of nitrogens with zero attached hydrogens (tertiary/aromatic N) is 3. The molecule has 2 amide bonds. The predicted octanol–water partition coefficient (Wildman–Crippen LogP) is 4.84. The maximum absolute atomic E-state index is 13.3. The number of nitrogen functional groups attached to an aromatic ring is 1. The molecule has 1 aromatic heterocycles. The first-order valence-corrected chi connectivity index (χ1v) is 12.8. The topological polar surface area (TPSA) is 91.6 Å². The summed E-state index contributed by atoms with van der Waals surface area (Å²) < 4.78 is 0. The summed E-state index contributed by atoms with van der Waals surface area (Å²) in [6.07, 6.45) is 5.90. The molecular formula is C29H33N5O2. The molecule has 2 saturated heterocycles. The van der Waals surface area contributed by atoms with Gasteiger partial charge in [0.25, 0.3) is 11.8 Å². The van der Waals surface area contributed by atoms with Gasteiger partial charge in [-0.3, -0.25) is 9.59 Å². The average molecular weight is 484 g/mol. The SMILES string of the molecule is Cc1ccc(C(=O)N2CCC(c3ccc(N)cc3)CC2)cc1C(=O)Nc1ccc(N2CCCC2)nc1. The van der Waals surface area contributed by atoms with Crippen LogP contribution in [-0.4, -0.2) is 47.9 Å². The van der Waals surface area contributed by atoms with Crippen molar-refractivity contribution in [3.05, 3.63) is 83.0 Å². The number of aromatic nitrogens is 1. The van der Waals surface area contributed by atoms with E-state index in [0.717, 1.165) is 43.0 Å². The van der Waals surface area contributed by atoms with Crippen molar-refractivity contribution in [1.29, 1.82) is 0 Å². The van der Waals surface area contributed by atoms with E-state index in [0.29, 0.717) is 35.8 Å². The molecule has 7 nitrogen and oxygen atoms in total. The third-order valence-electron chi connectivity index (χ3n) is 7.35. The molecule has 0 bridgehead atoms. The van der Waals surface area contributed by atoms with Crippen LogP contribution in [0.5, 0.6) is 0 Å². The molecule has 3 aromatic rings. The Morgan fingerprint density at radius 2 is 1.67 bits per heavy atom. The highest BCUT2D eigenvalue weighted by Gasteiger charge is 2.25. The Balaban J connectivity index is 1.23. The third kappa shape index (κ3) is 5.20. The summed E-state index contributed by atoms with van der Waals surface area (Å²) in [7, 11) is 0. The zero-order chi connectivity index (χ0) is 25.1. The van der Waals surface area contributed by atoms with Crippen molar-refractivity contribution in [2.45, 2.75) is 38.5 Å². The predicted molar refractivity (Wildman–Crippen MR) is 144 cm³/mol. The van der Waals surface area contributed by atoms with E-state index in [2.05, 4.69) is 27.3 Å². The number of carbonyl (C=O) groups is 2. The number of amides is 2. The van der Waals surface area contributed by atoms with E-state index in [1.165, 1.54) is 18.4 Å². The highest BCUT2D eigenvalue weighted by atomic mass is 16.2. The van der Waals surface area contributed by atoms with Gasteiger partial charge in [-0.1, -0.05) is 18.2 Å². The summed E-state index contributed by atoms with van der Waals surface area (Å²) in [6.45, 7) is 5.32. The van der Waals surface area contributed by atoms with Crippen LogP contribution in [0.4, 0.5) is 17.2 Å². The highest BCUT2D eigenvalue weighted by molar-refractivity contribution is 6.07. The molecule has 5 rings (SSSR count). The monoisotopic (exact) mass is 483 g/mol. The minimum Gasteiger partial charge on any atom is -0.399 e. The van der Waals surface area contributed by atoms with E-state index >= 15 is 0 Å². The van der Waals surface area contributed by atoms with Crippen molar-refractivity contribution in [3.63, 3.8) is 0 Å². The number of piperidine rings is 1. The maximum atomic E-state index is 13.3. The molecule has 0 spiro atoms. The zero-order valence-electron chi connectivity index (χ0n) is 20.7. The number of hydrogen-bond donors (Lipinski definition) is 2. The Morgan fingerprint density at radius 1 is 0.944 bits per heavy atom. The van der Waals surface area contributed by atoms with Gasteiger partial charge in [-0.05, 0) is 86.1 Å². The van der Waals surface area contributed by atoms with E-state index < -0.39 is 0 Å². The number of anilines is 3. The summed E-state index contributed by atoms with van der Waals surface area (Å²) in [6, 6.07) is 17.2. The second-order valence-electron chi connectivity index (χ2n) is 9.82. The zero-order valence-corrected chi connectivity index (χ0v) is 20.7. The summed E-state index contributed by atoms with van der Waals surface area (Å²) in [5, 5.41) is 2.94. The molecule has 2 aliphatic rings. The van der Waals surface area contributed by atoms with Gasteiger partial charge in [0.15, 0.2) is 0 Å². The fourth-order valence-corrected chi connectivity index (χ4v) is 5.16. The molecule has 3 N–H and O–H groups in total. The maximum Gasteiger partial charge on any atom is 0.255 e. The Bertz CT molecular complexity index is 1230. The average Bonchev–Trinajstić information content (AvgIpc) is 3.45. The van der Waals surface area contributed by atoms with Crippen molar-refractivity contribution in [2.24, 2.45) is 0 Å². The molecule has 3 heterocycles. The molecule has 36 heavy (non-hydrogen) atoms. The summed E-state index contributed by atoms with van der Waals surface area (Å²) >= 11 is 0. The number of nitrogens with one attached hydrogen (secondary N) is 1. The van der Waals surface area contributed by atoms with Gasteiger partial charge in [-0.15, -0.1) is 0 Å². The van der Waals surface area contributed by atoms with Crippen LogP contribution in [0.2, 0.25) is 0 Å². The molecule has 0 aliphatic carbocycles. The van der Waals surface area contributed by atoms with Crippen molar-refractivity contribution in [3.8, 4) is 0 Å². The molecule has 2 aliphatic heterocycles. The van der Waals surface area contributed by atoms with E-state index in [-0.39, 0.29) is 11.8 Å². The first-order valence-electron chi connectivity index (χ1n) is 12.8. The fourth-order valence-electron chi connectivity index (χ4n) is 5.16. The second kappa shape index (κ2) is 10.4. The number of pyridine rings is 1. The number of hydrogen-bond acceptors (Lipinski definition) is 5. The number of likely N-dealkylation sites (tertiary alicyclic amines) is 1. The van der Waals surface area contributed by atoms with Crippen LogP contribution < -0.4 is 16.0 Å². The van der Waals surface area contributed by atoms with Crippen LogP contribution in [0.25, 0.3) is 0 Å². The van der Waals surface area contributed by atoms with Crippen LogP contribution in [0.3, 0.4) is 0 Å².